The SMILES string of the molecule is CCCCOC(=O)COc1ccc([N+](=O)[O-])c(C)c1. The highest BCUT2D eigenvalue weighted by Crippen LogP contribution is 2.22. The monoisotopic (exact) mass is 267 g/mol. The molecular weight excluding hydrogens is 250 g/mol. The minimum Gasteiger partial charge on any atom is -0.482 e. The first-order valence-electron chi connectivity index (χ1n) is 6.08. The molecule has 19 heavy (non-hydrogen) atoms. The molecule has 1 aromatic carbocycles. The summed E-state index contributed by atoms with van der Waals surface area (Å²) < 4.78 is 10.1. The first kappa shape index (κ1) is 14.9. The van der Waals surface area contributed by atoms with Gasteiger partial charge in [0, 0.05) is 11.6 Å². The second-order valence-corrected chi connectivity index (χ2v) is 4.07. The third-order valence-electron chi connectivity index (χ3n) is 2.48. The first-order chi connectivity index (χ1) is 9.04. The number of hydrogen-bond donors (Lipinski definition) is 0. The van der Waals surface area contributed by atoms with Crippen molar-refractivity contribution >= 4 is 11.7 Å². The van der Waals surface area contributed by atoms with E-state index in [1.54, 1.807) is 6.92 Å². The number of nitro benzene ring substituents is 1. The maximum Gasteiger partial charge on any atom is 0.344 e. The molecule has 0 unspecified atom stereocenters. The Hall–Kier alpha value is -2.11. The number of nitro groups is 1. The van der Waals surface area contributed by atoms with Crippen LogP contribution in [0.5, 0.6) is 5.75 Å². The predicted octanol–water partition coefficient (Wildman–Crippen LogP) is 2.63. The molecule has 1 aromatic rings. The fourth-order valence-corrected chi connectivity index (χ4v) is 1.44. The molecule has 0 amide bonds. The maximum absolute atomic E-state index is 11.3. The van der Waals surface area contributed by atoms with E-state index >= 15 is 0 Å². The molecule has 0 aliphatic heterocycles. The zero-order chi connectivity index (χ0) is 14.3. The molecule has 0 atom stereocenters. The van der Waals surface area contributed by atoms with Gasteiger partial charge in [-0.1, -0.05) is 13.3 Å². The van der Waals surface area contributed by atoms with Crippen molar-refractivity contribution < 1.29 is 19.2 Å². The van der Waals surface area contributed by atoms with Crippen molar-refractivity contribution in [3.8, 4) is 5.75 Å². The molecule has 0 spiro atoms. The van der Waals surface area contributed by atoms with E-state index in [1.807, 2.05) is 6.92 Å². The Balaban J connectivity index is 2.48. The summed E-state index contributed by atoms with van der Waals surface area (Å²) in [5.74, 6) is -0.0278. The van der Waals surface area contributed by atoms with Gasteiger partial charge < -0.3 is 9.47 Å². The van der Waals surface area contributed by atoms with Gasteiger partial charge in [-0.15, -0.1) is 0 Å². The van der Waals surface area contributed by atoms with Crippen molar-refractivity contribution in [2.75, 3.05) is 13.2 Å². The highest BCUT2D eigenvalue weighted by atomic mass is 16.6. The summed E-state index contributed by atoms with van der Waals surface area (Å²) in [5, 5.41) is 10.6. The Kier molecular flexibility index (Phi) is 5.78. The number of benzene rings is 1. The zero-order valence-corrected chi connectivity index (χ0v) is 11.0. The van der Waals surface area contributed by atoms with Gasteiger partial charge >= 0.3 is 5.97 Å². The van der Waals surface area contributed by atoms with Gasteiger partial charge in [0.2, 0.25) is 0 Å². The molecule has 0 saturated heterocycles. The van der Waals surface area contributed by atoms with Crippen LogP contribution in [-0.2, 0) is 9.53 Å². The van der Waals surface area contributed by atoms with Gasteiger partial charge in [0.05, 0.1) is 11.5 Å². The Morgan fingerprint density at radius 1 is 1.42 bits per heavy atom. The van der Waals surface area contributed by atoms with E-state index < -0.39 is 10.9 Å². The quantitative estimate of drug-likeness (QED) is 0.328. The summed E-state index contributed by atoms with van der Waals surface area (Å²) in [7, 11) is 0. The van der Waals surface area contributed by atoms with Crippen LogP contribution in [0.1, 0.15) is 25.3 Å². The summed E-state index contributed by atoms with van der Waals surface area (Å²) in [6, 6.07) is 4.34. The number of nitrogens with zero attached hydrogens (tertiary/aromatic N) is 1. The average Bonchev–Trinajstić information content (AvgIpc) is 2.36. The molecule has 0 aliphatic rings. The minimum absolute atomic E-state index is 0.0258. The van der Waals surface area contributed by atoms with Gasteiger partial charge in [-0.2, -0.15) is 0 Å². The van der Waals surface area contributed by atoms with Gasteiger partial charge in [0.15, 0.2) is 6.61 Å². The summed E-state index contributed by atoms with van der Waals surface area (Å²) in [6.07, 6.45) is 1.78. The van der Waals surface area contributed by atoms with Crippen LogP contribution in [0.3, 0.4) is 0 Å². The summed E-state index contributed by atoms with van der Waals surface area (Å²) in [4.78, 5) is 21.5. The number of unbranched alkanes of at least 4 members (excludes halogenated alkanes) is 1. The Bertz CT molecular complexity index is 458. The Labute approximate surface area is 111 Å². The molecular formula is C13H17NO5. The van der Waals surface area contributed by atoms with Crippen LogP contribution in [0.4, 0.5) is 5.69 Å². The van der Waals surface area contributed by atoms with Crippen LogP contribution in [0.25, 0.3) is 0 Å². The lowest BCUT2D eigenvalue weighted by Crippen LogP contribution is -2.15. The lowest BCUT2D eigenvalue weighted by atomic mass is 10.2. The topological polar surface area (TPSA) is 78.7 Å². The van der Waals surface area contributed by atoms with E-state index in [0.29, 0.717) is 17.9 Å². The summed E-state index contributed by atoms with van der Waals surface area (Å²) in [5.41, 5.74) is 0.514. The van der Waals surface area contributed by atoms with Gasteiger partial charge in [-0.25, -0.2) is 4.79 Å². The van der Waals surface area contributed by atoms with E-state index in [2.05, 4.69) is 0 Å². The van der Waals surface area contributed by atoms with Crippen molar-refractivity contribution in [1.29, 1.82) is 0 Å². The van der Waals surface area contributed by atoms with Crippen LogP contribution in [0, 0.1) is 17.0 Å². The standard InChI is InChI=1S/C13H17NO5/c1-3-4-7-18-13(15)9-19-11-5-6-12(14(16)17)10(2)8-11/h5-6,8H,3-4,7,9H2,1-2H3. The average molecular weight is 267 g/mol. The fraction of sp³-hybridized carbons (Fsp3) is 0.462. The molecule has 0 N–H and O–H groups in total. The first-order valence-corrected chi connectivity index (χ1v) is 6.08. The van der Waals surface area contributed by atoms with E-state index in [1.165, 1.54) is 18.2 Å². The minimum atomic E-state index is -0.460. The zero-order valence-electron chi connectivity index (χ0n) is 11.0. The third kappa shape index (κ3) is 4.95. The van der Waals surface area contributed by atoms with E-state index in [0.717, 1.165) is 12.8 Å². The van der Waals surface area contributed by atoms with Crippen molar-refractivity contribution in [2.45, 2.75) is 26.7 Å². The van der Waals surface area contributed by atoms with Crippen LogP contribution in [-0.4, -0.2) is 24.1 Å². The fourth-order valence-electron chi connectivity index (χ4n) is 1.44. The lowest BCUT2D eigenvalue weighted by molar-refractivity contribution is -0.385. The van der Waals surface area contributed by atoms with Crippen LogP contribution < -0.4 is 4.74 Å². The number of rotatable bonds is 7. The molecule has 0 heterocycles. The molecule has 104 valence electrons. The van der Waals surface area contributed by atoms with Gasteiger partial charge in [-0.05, 0) is 25.5 Å². The second kappa shape index (κ2) is 7.35. The van der Waals surface area contributed by atoms with E-state index in [4.69, 9.17) is 9.47 Å². The largest absolute Gasteiger partial charge is 0.482 e. The lowest BCUT2D eigenvalue weighted by Gasteiger charge is -2.07. The smallest absolute Gasteiger partial charge is 0.344 e. The highest BCUT2D eigenvalue weighted by molar-refractivity contribution is 5.71. The molecule has 0 aliphatic carbocycles. The van der Waals surface area contributed by atoms with E-state index in [9.17, 15) is 14.9 Å². The Morgan fingerprint density at radius 2 is 2.16 bits per heavy atom. The van der Waals surface area contributed by atoms with Crippen molar-refractivity contribution in [2.24, 2.45) is 0 Å². The molecule has 0 radical (unpaired) electrons. The van der Waals surface area contributed by atoms with Crippen LogP contribution in [0.15, 0.2) is 18.2 Å². The summed E-state index contributed by atoms with van der Waals surface area (Å²) in [6.45, 7) is 3.81. The summed E-state index contributed by atoms with van der Waals surface area (Å²) >= 11 is 0. The number of aryl methyl sites for hydroxylation is 1. The molecule has 6 nitrogen and oxygen atoms in total. The molecule has 0 bridgehead atoms. The van der Waals surface area contributed by atoms with Crippen LogP contribution >= 0.6 is 0 Å². The molecule has 6 heteroatoms. The number of hydrogen-bond acceptors (Lipinski definition) is 5. The highest BCUT2D eigenvalue weighted by Gasteiger charge is 2.11. The number of ether oxygens (including phenoxy) is 2. The number of esters is 1. The maximum atomic E-state index is 11.3. The van der Waals surface area contributed by atoms with Crippen molar-refractivity contribution in [3.05, 3.63) is 33.9 Å². The van der Waals surface area contributed by atoms with Crippen molar-refractivity contribution in [1.82, 2.24) is 0 Å². The second-order valence-electron chi connectivity index (χ2n) is 4.07. The van der Waals surface area contributed by atoms with Crippen molar-refractivity contribution in [3.63, 3.8) is 0 Å². The van der Waals surface area contributed by atoms with E-state index in [-0.39, 0.29) is 12.3 Å². The Morgan fingerprint density at radius 3 is 2.74 bits per heavy atom. The van der Waals surface area contributed by atoms with Gasteiger partial charge in [-0.3, -0.25) is 10.1 Å². The van der Waals surface area contributed by atoms with Gasteiger partial charge in [0.25, 0.3) is 5.69 Å². The third-order valence-corrected chi connectivity index (χ3v) is 2.48. The number of carbonyl (C=O) groups excluding carboxylic acids is 1. The van der Waals surface area contributed by atoms with Gasteiger partial charge in [0.1, 0.15) is 5.75 Å². The predicted molar refractivity (Wildman–Crippen MR) is 69.2 cm³/mol. The molecule has 0 aromatic heterocycles. The molecule has 1 rings (SSSR count). The molecule has 0 saturated carbocycles. The van der Waals surface area contributed by atoms with Crippen LogP contribution in [0.2, 0.25) is 0 Å². The normalized spacial score (nSPS) is 10.0. The number of carbonyl (C=O) groups is 1. The molecule has 0 fully saturated rings.